The van der Waals surface area contributed by atoms with Crippen LogP contribution >= 0.6 is 0 Å². The van der Waals surface area contributed by atoms with Crippen LogP contribution in [0.4, 0.5) is 0 Å². The molecule has 1 aliphatic heterocycles. The van der Waals surface area contributed by atoms with E-state index in [-0.39, 0.29) is 11.2 Å². The Labute approximate surface area is 107 Å². The summed E-state index contributed by atoms with van der Waals surface area (Å²) < 4.78 is 30.6. The van der Waals surface area contributed by atoms with E-state index in [2.05, 4.69) is 10.1 Å². The summed E-state index contributed by atoms with van der Waals surface area (Å²) in [7, 11) is -3.15. The van der Waals surface area contributed by atoms with Gasteiger partial charge in [-0.2, -0.15) is 4.98 Å². The van der Waals surface area contributed by atoms with Gasteiger partial charge in [0.05, 0.1) is 11.2 Å². The lowest BCUT2D eigenvalue weighted by atomic mass is 9.83. The predicted molar refractivity (Wildman–Crippen MR) is 66.7 cm³/mol. The van der Waals surface area contributed by atoms with Gasteiger partial charge in [-0.3, -0.25) is 0 Å². The van der Waals surface area contributed by atoms with Crippen molar-refractivity contribution in [2.75, 3.05) is 18.8 Å². The van der Waals surface area contributed by atoms with E-state index in [1.165, 1.54) is 4.31 Å². The Hall–Kier alpha value is -0.950. The zero-order chi connectivity index (χ0) is 13.4. The van der Waals surface area contributed by atoms with E-state index in [0.29, 0.717) is 24.8 Å². The van der Waals surface area contributed by atoms with Gasteiger partial charge in [0, 0.05) is 13.1 Å². The highest BCUT2D eigenvalue weighted by molar-refractivity contribution is 7.89. The Bertz CT molecular complexity index is 525. The molecular formula is C11H19N3O3S. The molecule has 1 atom stereocenters. The van der Waals surface area contributed by atoms with E-state index in [0.717, 1.165) is 12.8 Å². The summed E-state index contributed by atoms with van der Waals surface area (Å²) in [5.74, 6) is 1.25. The van der Waals surface area contributed by atoms with Gasteiger partial charge in [-0.1, -0.05) is 5.16 Å². The van der Waals surface area contributed by atoms with Crippen LogP contribution in [0.25, 0.3) is 0 Å². The molecule has 1 saturated heterocycles. The van der Waals surface area contributed by atoms with Gasteiger partial charge in [-0.15, -0.1) is 0 Å². The lowest BCUT2D eigenvalue weighted by Crippen LogP contribution is -2.47. The topological polar surface area (TPSA) is 76.3 Å². The highest BCUT2D eigenvalue weighted by atomic mass is 32.2. The molecule has 6 nitrogen and oxygen atoms in total. The van der Waals surface area contributed by atoms with Crippen LogP contribution in [0.1, 0.15) is 38.4 Å². The van der Waals surface area contributed by atoms with Gasteiger partial charge in [0.15, 0.2) is 5.82 Å². The minimum absolute atomic E-state index is 0.131. The van der Waals surface area contributed by atoms with Crippen molar-refractivity contribution in [1.29, 1.82) is 0 Å². The first-order valence-electron chi connectivity index (χ1n) is 6.16. The molecule has 2 heterocycles. The number of aryl methyl sites for hydroxylation is 1. The normalized spacial score (nSPS) is 26.4. The molecule has 0 saturated carbocycles. The van der Waals surface area contributed by atoms with Crippen LogP contribution in [0.15, 0.2) is 4.52 Å². The molecule has 0 spiro atoms. The van der Waals surface area contributed by atoms with Gasteiger partial charge in [0.25, 0.3) is 0 Å². The van der Waals surface area contributed by atoms with Crippen LogP contribution in [0, 0.1) is 6.92 Å². The molecule has 0 bridgehead atoms. The zero-order valence-corrected chi connectivity index (χ0v) is 11.8. The van der Waals surface area contributed by atoms with E-state index in [4.69, 9.17) is 4.52 Å². The van der Waals surface area contributed by atoms with Crippen molar-refractivity contribution < 1.29 is 12.9 Å². The Morgan fingerprint density at radius 3 is 2.78 bits per heavy atom. The van der Waals surface area contributed by atoms with E-state index < -0.39 is 10.0 Å². The highest BCUT2D eigenvalue weighted by Gasteiger charge is 2.40. The number of aromatic nitrogens is 2. The summed E-state index contributed by atoms with van der Waals surface area (Å²) >= 11 is 0. The molecule has 0 aliphatic carbocycles. The predicted octanol–water partition coefficient (Wildman–Crippen LogP) is 1.08. The van der Waals surface area contributed by atoms with Gasteiger partial charge in [0.2, 0.25) is 15.9 Å². The number of nitrogens with zero attached hydrogens (tertiary/aromatic N) is 3. The molecule has 0 aromatic carbocycles. The maximum Gasteiger partial charge on any atom is 0.233 e. The highest BCUT2D eigenvalue weighted by Crippen LogP contribution is 2.33. The quantitative estimate of drug-likeness (QED) is 0.823. The smallest absolute Gasteiger partial charge is 0.233 e. The minimum atomic E-state index is -3.15. The van der Waals surface area contributed by atoms with E-state index in [9.17, 15) is 8.42 Å². The van der Waals surface area contributed by atoms with Crippen molar-refractivity contribution in [2.24, 2.45) is 0 Å². The monoisotopic (exact) mass is 273 g/mol. The Morgan fingerprint density at radius 1 is 1.50 bits per heavy atom. The van der Waals surface area contributed by atoms with Crippen molar-refractivity contribution >= 4 is 10.0 Å². The molecule has 0 unspecified atom stereocenters. The second-order valence-corrected chi connectivity index (χ2v) is 7.30. The molecular weight excluding hydrogens is 254 g/mol. The molecule has 18 heavy (non-hydrogen) atoms. The average molecular weight is 273 g/mol. The first-order valence-corrected chi connectivity index (χ1v) is 7.77. The van der Waals surface area contributed by atoms with Crippen molar-refractivity contribution in [3.05, 3.63) is 11.7 Å². The van der Waals surface area contributed by atoms with Gasteiger partial charge in [-0.25, -0.2) is 12.7 Å². The van der Waals surface area contributed by atoms with Crippen LogP contribution in [-0.4, -0.2) is 41.7 Å². The Kier molecular flexibility index (Phi) is 3.46. The van der Waals surface area contributed by atoms with Gasteiger partial charge in [-0.05, 0) is 33.6 Å². The third-order valence-electron chi connectivity index (χ3n) is 3.46. The molecule has 7 heteroatoms. The second kappa shape index (κ2) is 4.62. The minimum Gasteiger partial charge on any atom is -0.339 e. The third-order valence-corrected chi connectivity index (χ3v) is 5.29. The molecule has 2 rings (SSSR count). The standard InChI is InChI=1S/C11H19N3O3S/c1-4-18(15,16)14-7-5-6-11(3,8-14)10-12-9(2)13-17-10/h4-8H2,1-3H3/t11-/m0/s1. The second-order valence-electron chi connectivity index (χ2n) is 5.05. The van der Waals surface area contributed by atoms with Crippen LogP contribution in [0.3, 0.4) is 0 Å². The summed E-state index contributed by atoms with van der Waals surface area (Å²) in [6, 6.07) is 0. The summed E-state index contributed by atoms with van der Waals surface area (Å²) in [4.78, 5) is 4.25. The van der Waals surface area contributed by atoms with Gasteiger partial charge < -0.3 is 4.52 Å². The van der Waals surface area contributed by atoms with E-state index in [1.54, 1.807) is 13.8 Å². The first-order chi connectivity index (χ1) is 8.37. The zero-order valence-electron chi connectivity index (χ0n) is 11.0. The Balaban J connectivity index is 2.25. The number of hydrogen-bond donors (Lipinski definition) is 0. The molecule has 1 aromatic rings. The van der Waals surface area contributed by atoms with Crippen molar-refractivity contribution in [3.63, 3.8) is 0 Å². The maximum absolute atomic E-state index is 11.9. The average Bonchev–Trinajstić information content (AvgIpc) is 2.77. The van der Waals surface area contributed by atoms with Crippen molar-refractivity contribution in [1.82, 2.24) is 14.4 Å². The Morgan fingerprint density at radius 2 is 2.22 bits per heavy atom. The number of sulfonamides is 1. The van der Waals surface area contributed by atoms with Gasteiger partial charge >= 0.3 is 0 Å². The summed E-state index contributed by atoms with van der Waals surface area (Å²) in [5, 5.41) is 3.79. The molecule has 102 valence electrons. The van der Waals surface area contributed by atoms with Crippen LogP contribution in [0.2, 0.25) is 0 Å². The first kappa shape index (κ1) is 13.5. The molecule has 1 aromatic heterocycles. The fraction of sp³-hybridized carbons (Fsp3) is 0.818. The summed E-state index contributed by atoms with van der Waals surface area (Å²) in [5.41, 5.74) is -0.373. The van der Waals surface area contributed by atoms with E-state index >= 15 is 0 Å². The SMILES string of the molecule is CCS(=O)(=O)N1CCC[C@](C)(c2nc(C)no2)C1. The van der Waals surface area contributed by atoms with Crippen LogP contribution < -0.4 is 0 Å². The molecule has 1 aliphatic rings. The summed E-state index contributed by atoms with van der Waals surface area (Å²) in [6.07, 6.45) is 1.68. The third kappa shape index (κ3) is 2.42. The van der Waals surface area contributed by atoms with Crippen molar-refractivity contribution in [3.8, 4) is 0 Å². The lowest BCUT2D eigenvalue weighted by Gasteiger charge is -2.36. The summed E-state index contributed by atoms with van der Waals surface area (Å²) in [6.45, 7) is 6.42. The molecule has 0 N–H and O–H groups in total. The molecule has 1 fully saturated rings. The van der Waals surface area contributed by atoms with Crippen LogP contribution in [-0.2, 0) is 15.4 Å². The maximum atomic E-state index is 11.9. The number of rotatable bonds is 3. The fourth-order valence-corrected chi connectivity index (χ4v) is 3.58. The van der Waals surface area contributed by atoms with Crippen molar-refractivity contribution in [2.45, 2.75) is 39.0 Å². The van der Waals surface area contributed by atoms with Crippen LogP contribution in [0.5, 0.6) is 0 Å². The molecule has 0 radical (unpaired) electrons. The molecule has 0 amide bonds. The largest absolute Gasteiger partial charge is 0.339 e. The number of piperidine rings is 1. The van der Waals surface area contributed by atoms with E-state index in [1.807, 2.05) is 6.92 Å². The number of hydrogen-bond acceptors (Lipinski definition) is 5. The lowest BCUT2D eigenvalue weighted by molar-refractivity contribution is 0.191. The fourth-order valence-electron chi connectivity index (χ4n) is 2.33. The van der Waals surface area contributed by atoms with Gasteiger partial charge in [0.1, 0.15) is 0 Å².